The van der Waals surface area contributed by atoms with E-state index in [9.17, 15) is 13.6 Å². The molecule has 0 saturated heterocycles. The van der Waals surface area contributed by atoms with E-state index in [1.54, 1.807) is 29.7 Å². The van der Waals surface area contributed by atoms with Crippen LogP contribution in [0.3, 0.4) is 0 Å². The van der Waals surface area contributed by atoms with Crippen LogP contribution < -0.4 is 5.32 Å². The number of nitrogens with zero attached hydrogens (tertiary/aromatic N) is 3. The lowest BCUT2D eigenvalue weighted by Crippen LogP contribution is -2.28. The van der Waals surface area contributed by atoms with Gasteiger partial charge in [0.25, 0.3) is 5.91 Å². The number of carbonyl (C=O) groups is 1. The van der Waals surface area contributed by atoms with Crippen LogP contribution in [-0.2, 0) is 0 Å². The maximum Gasteiger partial charge on any atom is 0.253 e. The molecule has 0 spiro atoms. The summed E-state index contributed by atoms with van der Waals surface area (Å²) in [7, 11) is 0. The monoisotopic (exact) mass is 336 g/mol. The molecule has 0 aliphatic rings. The number of nitrogens with one attached hydrogen (secondary N) is 1. The maximum absolute atomic E-state index is 13.3. The van der Waals surface area contributed by atoms with Crippen LogP contribution in [0.2, 0.25) is 5.02 Å². The van der Waals surface area contributed by atoms with Crippen LogP contribution in [0.5, 0.6) is 0 Å². The second-order valence-corrected chi connectivity index (χ2v) is 5.34. The Morgan fingerprint density at radius 2 is 2.00 bits per heavy atom. The summed E-state index contributed by atoms with van der Waals surface area (Å²) >= 11 is 5.80. The van der Waals surface area contributed by atoms with Crippen molar-refractivity contribution in [2.45, 2.75) is 13.0 Å². The van der Waals surface area contributed by atoms with Gasteiger partial charge in [-0.05, 0) is 31.2 Å². The van der Waals surface area contributed by atoms with E-state index < -0.39 is 23.6 Å². The summed E-state index contributed by atoms with van der Waals surface area (Å²) in [5, 5.41) is 10.5. The van der Waals surface area contributed by atoms with E-state index in [1.165, 1.54) is 0 Å². The molecule has 2 heterocycles. The average Bonchev–Trinajstić information content (AvgIpc) is 2.94. The molecule has 0 aliphatic heterocycles. The molecule has 0 bridgehead atoms. The minimum absolute atomic E-state index is 0.147. The molecule has 1 atom stereocenters. The second-order valence-electron chi connectivity index (χ2n) is 4.93. The first-order valence-electron chi connectivity index (χ1n) is 6.72. The van der Waals surface area contributed by atoms with E-state index in [4.69, 9.17) is 11.6 Å². The van der Waals surface area contributed by atoms with Gasteiger partial charge >= 0.3 is 0 Å². The van der Waals surface area contributed by atoms with Crippen LogP contribution in [0.15, 0.2) is 36.5 Å². The lowest BCUT2D eigenvalue weighted by atomic mass is 10.2. The number of benzene rings is 1. The third-order valence-corrected chi connectivity index (χ3v) is 3.64. The van der Waals surface area contributed by atoms with Crippen molar-refractivity contribution < 1.29 is 13.6 Å². The lowest BCUT2D eigenvalue weighted by Gasteiger charge is -2.13. The van der Waals surface area contributed by atoms with Crippen molar-refractivity contribution in [1.82, 2.24) is 19.9 Å². The SMILES string of the molecule is CC(NC(=O)c1cc(F)c(F)cc1Cl)c1nnc2ccccn12. The van der Waals surface area contributed by atoms with E-state index in [-0.39, 0.29) is 10.6 Å². The average molecular weight is 337 g/mol. The normalized spacial score (nSPS) is 12.3. The molecule has 1 aromatic carbocycles. The van der Waals surface area contributed by atoms with Crippen molar-refractivity contribution >= 4 is 23.2 Å². The second kappa shape index (κ2) is 5.92. The number of rotatable bonds is 3. The van der Waals surface area contributed by atoms with Crippen molar-refractivity contribution in [3.63, 3.8) is 0 Å². The Morgan fingerprint density at radius 1 is 1.26 bits per heavy atom. The quantitative estimate of drug-likeness (QED) is 0.747. The fourth-order valence-electron chi connectivity index (χ4n) is 2.19. The lowest BCUT2D eigenvalue weighted by molar-refractivity contribution is 0.0937. The minimum Gasteiger partial charge on any atom is -0.342 e. The molecular weight excluding hydrogens is 326 g/mol. The Hall–Kier alpha value is -2.54. The number of aromatic nitrogens is 3. The Balaban J connectivity index is 1.87. The number of carbonyl (C=O) groups excluding carboxylic acids is 1. The number of halogens is 3. The van der Waals surface area contributed by atoms with E-state index >= 15 is 0 Å². The van der Waals surface area contributed by atoms with E-state index in [0.29, 0.717) is 11.5 Å². The Bertz CT molecular complexity index is 896. The summed E-state index contributed by atoms with van der Waals surface area (Å²) in [6, 6.07) is 6.42. The molecule has 3 aromatic rings. The van der Waals surface area contributed by atoms with Crippen molar-refractivity contribution in [2.75, 3.05) is 0 Å². The highest BCUT2D eigenvalue weighted by Crippen LogP contribution is 2.21. The summed E-state index contributed by atoms with van der Waals surface area (Å²) in [5.74, 6) is -2.37. The smallest absolute Gasteiger partial charge is 0.253 e. The van der Waals surface area contributed by atoms with Gasteiger partial charge in [0.05, 0.1) is 16.6 Å². The van der Waals surface area contributed by atoms with Crippen molar-refractivity contribution in [1.29, 1.82) is 0 Å². The highest BCUT2D eigenvalue weighted by molar-refractivity contribution is 6.33. The number of hydrogen-bond donors (Lipinski definition) is 1. The van der Waals surface area contributed by atoms with Gasteiger partial charge in [-0.2, -0.15) is 0 Å². The molecule has 0 radical (unpaired) electrons. The Morgan fingerprint density at radius 3 is 2.78 bits per heavy atom. The van der Waals surface area contributed by atoms with Crippen LogP contribution in [0.25, 0.3) is 5.65 Å². The zero-order chi connectivity index (χ0) is 16.6. The predicted octanol–water partition coefficient (Wildman–Crippen LogP) is 3.15. The predicted molar refractivity (Wildman–Crippen MR) is 80.2 cm³/mol. The number of amides is 1. The van der Waals surface area contributed by atoms with Crippen molar-refractivity contribution in [3.8, 4) is 0 Å². The number of fused-ring (bicyclic) bond motifs is 1. The first-order chi connectivity index (χ1) is 11.0. The van der Waals surface area contributed by atoms with Crippen molar-refractivity contribution in [2.24, 2.45) is 0 Å². The molecule has 0 aliphatic carbocycles. The Kier molecular flexibility index (Phi) is 3.96. The molecule has 1 unspecified atom stereocenters. The van der Waals surface area contributed by atoms with Crippen LogP contribution in [0.1, 0.15) is 29.1 Å². The molecule has 1 N–H and O–H groups in total. The number of hydrogen-bond acceptors (Lipinski definition) is 3. The summed E-state index contributed by atoms with van der Waals surface area (Å²) in [6.07, 6.45) is 1.76. The molecule has 0 fully saturated rings. The van der Waals surface area contributed by atoms with Gasteiger partial charge in [-0.1, -0.05) is 17.7 Å². The molecule has 2 aromatic heterocycles. The van der Waals surface area contributed by atoms with Gasteiger partial charge in [-0.15, -0.1) is 10.2 Å². The number of pyridine rings is 1. The highest BCUT2D eigenvalue weighted by Gasteiger charge is 2.20. The third kappa shape index (κ3) is 2.87. The third-order valence-electron chi connectivity index (χ3n) is 3.33. The fourth-order valence-corrected chi connectivity index (χ4v) is 2.43. The van der Waals surface area contributed by atoms with Gasteiger partial charge in [-0.25, -0.2) is 8.78 Å². The molecule has 0 saturated carbocycles. The van der Waals surface area contributed by atoms with E-state index in [1.807, 2.05) is 6.07 Å². The van der Waals surface area contributed by atoms with E-state index in [0.717, 1.165) is 12.1 Å². The summed E-state index contributed by atoms with van der Waals surface area (Å²) in [6.45, 7) is 1.70. The van der Waals surface area contributed by atoms with Crippen LogP contribution in [0, 0.1) is 11.6 Å². The molecular formula is C15H11ClF2N4O. The first kappa shape index (κ1) is 15.4. The van der Waals surface area contributed by atoms with Gasteiger partial charge in [-0.3, -0.25) is 9.20 Å². The van der Waals surface area contributed by atoms with Gasteiger partial charge < -0.3 is 5.32 Å². The molecule has 3 rings (SSSR count). The highest BCUT2D eigenvalue weighted by atomic mass is 35.5. The standard InChI is InChI=1S/C15H11ClF2N4O/c1-8(14-21-20-13-4-2-3-5-22(13)14)19-15(23)9-6-11(17)12(18)7-10(9)16/h2-8H,1H3,(H,19,23). The maximum atomic E-state index is 13.3. The summed E-state index contributed by atoms with van der Waals surface area (Å²) in [5.41, 5.74) is 0.487. The van der Waals surface area contributed by atoms with Gasteiger partial charge in [0.1, 0.15) is 0 Å². The van der Waals surface area contributed by atoms with Crippen molar-refractivity contribution in [3.05, 3.63) is 64.6 Å². The summed E-state index contributed by atoms with van der Waals surface area (Å²) in [4.78, 5) is 12.2. The van der Waals surface area contributed by atoms with E-state index in [2.05, 4.69) is 15.5 Å². The van der Waals surface area contributed by atoms with Crippen LogP contribution >= 0.6 is 11.6 Å². The van der Waals surface area contributed by atoms with Gasteiger partial charge in [0.2, 0.25) is 0 Å². The van der Waals surface area contributed by atoms with Gasteiger partial charge in [0, 0.05) is 6.20 Å². The molecule has 23 heavy (non-hydrogen) atoms. The largest absolute Gasteiger partial charge is 0.342 e. The minimum atomic E-state index is -1.14. The fraction of sp³-hybridized carbons (Fsp3) is 0.133. The first-order valence-corrected chi connectivity index (χ1v) is 7.10. The molecule has 118 valence electrons. The van der Waals surface area contributed by atoms with Gasteiger partial charge in [0.15, 0.2) is 23.1 Å². The molecule has 1 amide bonds. The van der Waals surface area contributed by atoms with Crippen LogP contribution in [-0.4, -0.2) is 20.5 Å². The van der Waals surface area contributed by atoms with Crippen LogP contribution in [0.4, 0.5) is 8.78 Å². The Labute approximate surface area is 134 Å². The zero-order valence-corrected chi connectivity index (χ0v) is 12.7. The molecule has 8 heteroatoms. The summed E-state index contributed by atoms with van der Waals surface area (Å²) < 4.78 is 28.1. The topological polar surface area (TPSA) is 59.3 Å². The zero-order valence-electron chi connectivity index (χ0n) is 11.9. The molecule has 5 nitrogen and oxygen atoms in total.